The van der Waals surface area contributed by atoms with Gasteiger partial charge in [0.25, 0.3) is 0 Å². The summed E-state index contributed by atoms with van der Waals surface area (Å²) in [6, 6.07) is 0.559. The highest BCUT2D eigenvalue weighted by molar-refractivity contribution is 5.01. The maximum Gasteiger partial charge on any atom is 0.107 e. The van der Waals surface area contributed by atoms with Crippen LogP contribution in [-0.2, 0) is 23.7 Å². The summed E-state index contributed by atoms with van der Waals surface area (Å²) >= 11 is 0. The molecule has 46 heavy (non-hydrogen) atoms. The van der Waals surface area contributed by atoms with Gasteiger partial charge in [-0.3, -0.25) is 0 Å². The van der Waals surface area contributed by atoms with Crippen LogP contribution in [0.4, 0.5) is 0 Å². The molecule has 0 aromatic carbocycles. The molecule has 2 heterocycles. The zero-order valence-corrected chi connectivity index (χ0v) is 29.5. The Morgan fingerprint density at radius 2 is 1.28 bits per heavy atom. The molecule has 0 aromatic heterocycles. The first kappa shape index (κ1) is 35.5. The molecule has 0 amide bonds. The van der Waals surface area contributed by atoms with Gasteiger partial charge in [-0.2, -0.15) is 0 Å². The lowest BCUT2D eigenvalue weighted by molar-refractivity contribution is -0.220. The van der Waals surface area contributed by atoms with Crippen LogP contribution in [0.2, 0.25) is 0 Å². The third-order valence-electron chi connectivity index (χ3n) is 13.7. The normalized spacial score (nSPS) is 47.7. The smallest absolute Gasteiger partial charge is 0.107 e. The predicted octanol–water partition coefficient (Wildman–Crippen LogP) is 3.97. The molecule has 0 radical (unpaired) electrons. The number of fused-ring (bicyclic) bond motifs is 2. The highest BCUT2D eigenvalue weighted by Gasteiger charge is 2.51. The summed E-state index contributed by atoms with van der Waals surface area (Å²) < 4.78 is 31.5. The van der Waals surface area contributed by atoms with Crippen LogP contribution in [0.1, 0.15) is 83.5 Å². The molecule has 13 atom stereocenters. The summed E-state index contributed by atoms with van der Waals surface area (Å²) in [6.07, 6.45) is 13.9. The van der Waals surface area contributed by atoms with E-state index in [9.17, 15) is 10.2 Å². The summed E-state index contributed by atoms with van der Waals surface area (Å²) in [7, 11) is 9.94. The number of hydrogen-bond donors (Lipinski definition) is 2. The molecule has 0 spiro atoms. The first-order valence-corrected chi connectivity index (χ1v) is 18.9. The number of aliphatic hydroxyl groups is 2. The van der Waals surface area contributed by atoms with Crippen molar-refractivity contribution in [2.24, 2.45) is 35.5 Å². The van der Waals surface area contributed by atoms with Crippen LogP contribution >= 0.6 is 0 Å². The molecule has 4 aliphatic carbocycles. The number of aliphatic hydroxyl groups excluding tert-OH is 2. The van der Waals surface area contributed by atoms with Crippen molar-refractivity contribution in [3.05, 3.63) is 0 Å². The molecule has 6 fully saturated rings. The van der Waals surface area contributed by atoms with Crippen molar-refractivity contribution in [3.63, 3.8) is 0 Å². The van der Waals surface area contributed by atoms with Crippen LogP contribution < -0.4 is 0 Å². The Morgan fingerprint density at radius 3 is 2.00 bits per heavy atom. The molecule has 0 bridgehead atoms. The van der Waals surface area contributed by atoms with Gasteiger partial charge >= 0.3 is 0 Å². The quantitative estimate of drug-likeness (QED) is 0.365. The van der Waals surface area contributed by atoms with Crippen LogP contribution in [0.5, 0.6) is 0 Å². The van der Waals surface area contributed by atoms with Gasteiger partial charge in [0.2, 0.25) is 0 Å². The van der Waals surface area contributed by atoms with Gasteiger partial charge in [0.1, 0.15) is 6.10 Å². The van der Waals surface area contributed by atoms with Crippen molar-refractivity contribution < 1.29 is 33.9 Å². The second kappa shape index (κ2) is 16.1. The first-order valence-electron chi connectivity index (χ1n) is 18.9. The highest BCUT2D eigenvalue weighted by Crippen LogP contribution is 2.47. The number of likely N-dealkylation sites (tertiary alicyclic amines) is 2. The molecular weight excluding hydrogens is 584 g/mol. The van der Waals surface area contributed by atoms with Crippen molar-refractivity contribution in [1.29, 1.82) is 0 Å². The number of methoxy groups -OCH3 is 3. The number of ether oxygens (including phenoxy) is 5. The van der Waals surface area contributed by atoms with Gasteiger partial charge in [-0.25, -0.2) is 0 Å². The number of hydrogen-bond acceptors (Lipinski definition) is 9. The molecule has 4 saturated carbocycles. The van der Waals surface area contributed by atoms with Gasteiger partial charge in [-0.05, 0) is 140 Å². The zero-order valence-electron chi connectivity index (χ0n) is 29.5. The molecule has 2 N–H and O–H groups in total. The van der Waals surface area contributed by atoms with E-state index in [-0.39, 0.29) is 43.2 Å². The molecule has 2 saturated heterocycles. The maximum absolute atomic E-state index is 11.5. The number of rotatable bonds is 10. The van der Waals surface area contributed by atoms with Crippen LogP contribution in [-0.4, -0.2) is 137 Å². The lowest BCUT2D eigenvalue weighted by Crippen LogP contribution is -2.60. The molecule has 6 aliphatic rings. The fourth-order valence-corrected chi connectivity index (χ4v) is 10.9. The molecule has 6 rings (SSSR count). The van der Waals surface area contributed by atoms with Crippen molar-refractivity contribution in [1.82, 2.24) is 9.80 Å². The van der Waals surface area contributed by atoms with Gasteiger partial charge < -0.3 is 43.7 Å². The summed E-state index contributed by atoms with van der Waals surface area (Å²) in [5.74, 6) is 3.19. The molecule has 0 aromatic rings. The molecule has 9 nitrogen and oxygen atoms in total. The predicted molar refractivity (Wildman–Crippen MR) is 178 cm³/mol. The van der Waals surface area contributed by atoms with Crippen molar-refractivity contribution in [3.8, 4) is 0 Å². The third-order valence-corrected chi connectivity index (χ3v) is 13.7. The van der Waals surface area contributed by atoms with E-state index in [0.29, 0.717) is 41.7 Å². The molecule has 9 heteroatoms. The van der Waals surface area contributed by atoms with Crippen molar-refractivity contribution in [2.75, 3.05) is 61.7 Å². The fraction of sp³-hybridized carbons (Fsp3) is 1.00. The maximum atomic E-state index is 11.5. The minimum Gasteiger partial charge on any atom is -0.396 e. The van der Waals surface area contributed by atoms with Gasteiger partial charge in [-0.15, -0.1) is 0 Å². The molecule has 12 unspecified atom stereocenters. The second-order valence-electron chi connectivity index (χ2n) is 16.3. The lowest BCUT2D eigenvalue weighted by Gasteiger charge is -2.53. The lowest BCUT2D eigenvalue weighted by atomic mass is 9.66. The average Bonchev–Trinajstić information content (AvgIpc) is 3.07. The van der Waals surface area contributed by atoms with Gasteiger partial charge in [0.15, 0.2) is 0 Å². The first-order chi connectivity index (χ1) is 22.3. The Hall–Kier alpha value is -0.360. The topological polar surface area (TPSA) is 93.1 Å². The Morgan fingerprint density at radius 1 is 0.630 bits per heavy atom. The zero-order chi connectivity index (χ0) is 32.4. The molecule has 266 valence electrons. The van der Waals surface area contributed by atoms with E-state index in [1.807, 2.05) is 7.11 Å². The fourth-order valence-electron chi connectivity index (χ4n) is 10.9. The minimum absolute atomic E-state index is 0.000467. The van der Waals surface area contributed by atoms with Crippen LogP contribution in [0.25, 0.3) is 0 Å². The standard InChI is InChI=1S/C37H66N2O7/c1-38-14-12-26-19-35(44-5)36(41)37(29(26)21-38)46-34-20-28-25(18-32(34)43-4)13-15-39(2)30(28)16-23-6-9-27(10-7-23)45-33-17-24(22-40)8-11-31(33)42-3/h23-37,40-41H,6-22H2,1-5H3/t23?,24?,25?,26?,27?,28?,29?,30-,31?,32?,33?,34?,35?,36?,37?/m0/s1. The van der Waals surface area contributed by atoms with Gasteiger partial charge in [0, 0.05) is 46.4 Å². The van der Waals surface area contributed by atoms with E-state index in [2.05, 4.69) is 23.9 Å². The summed E-state index contributed by atoms with van der Waals surface area (Å²) in [6.45, 7) is 3.50. The van der Waals surface area contributed by atoms with E-state index in [1.165, 1.54) is 25.7 Å². The summed E-state index contributed by atoms with van der Waals surface area (Å²) in [4.78, 5) is 5.06. The van der Waals surface area contributed by atoms with E-state index in [0.717, 1.165) is 83.3 Å². The van der Waals surface area contributed by atoms with Crippen LogP contribution in [0, 0.1) is 35.5 Å². The van der Waals surface area contributed by atoms with E-state index < -0.39 is 6.10 Å². The van der Waals surface area contributed by atoms with E-state index >= 15 is 0 Å². The molecule has 2 aliphatic heterocycles. The number of piperidine rings is 2. The highest BCUT2D eigenvalue weighted by atomic mass is 16.6. The largest absolute Gasteiger partial charge is 0.396 e. The minimum atomic E-state index is -0.600. The Balaban J connectivity index is 1.08. The monoisotopic (exact) mass is 650 g/mol. The third kappa shape index (κ3) is 7.83. The Kier molecular flexibility index (Phi) is 12.4. The van der Waals surface area contributed by atoms with E-state index in [4.69, 9.17) is 23.7 Å². The van der Waals surface area contributed by atoms with Crippen LogP contribution in [0.3, 0.4) is 0 Å². The van der Waals surface area contributed by atoms with Crippen molar-refractivity contribution in [2.45, 2.75) is 138 Å². The molecular formula is C37H66N2O7. The summed E-state index contributed by atoms with van der Waals surface area (Å²) in [5, 5.41) is 21.3. The van der Waals surface area contributed by atoms with Gasteiger partial charge in [0.05, 0.1) is 42.7 Å². The SMILES string of the molecule is COC1CCC(CO)CC1OC1CCC(C[C@H]2C3CC(OC4C(O)C(OC)CC5CCN(C)CC54)C(OC)CC3CCN2C)CC1. The second-order valence-corrected chi connectivity index (χ2v) is 16.3. The Bertz CT molecular complexity index is 935. The van der Waals surface area contributed by atoms with E-state index in [1.54, 1.807) is 14.2 Å². The van der Waals surface area contributed by atoms with Crippen molar-refractivity contribution >= 4 is 0 Å². The Labute approximate surface area is 279 Å². The number of nitrogens with zero attached hydrogens (tertiary/aromatic N) is 2. The summed E-state index contributed by atoms with van der Waals surface area (Å²) in [5.41, 5.74) is 0. The average molecular weight is 651 g/mol. The van der Waals surface area contributed by atoms with Gasteiger partial charge in [-0.1, -0.05) is 0 Å². The van der Waals surface area contributed by atoms with Crippen LogP contribution in [0.15, 0.2) is 0 Å².